The highest BCUT2D eigenvalue weighted by Gasteiger charge is 2.16. The van der Waals surface area contributed by atoms with Crippen molar-refractivity contribution in [2.24, 2.45) is 0 Å². The number of rotatable bonds is 6. The van der Waals surface area contributed by atoms with Crippen LogP contribution in [0.1, 0.15) is 37.5 Å². The molecule has 0 aliphatic rings. The molecule has 0 saturated heterocycles. The molecule has 1 aromatic heterocycles. The largest absolute Gasteiger partial charge is 0.495 e. The lowest BCUT2D eigenvalue weighted by Crippen LogP contribution is -2.34. The second-order valence-corrected chi connectivity index (χ2v) is 9.26. The molecule has 0 aliphatic carbocycles. The van der Waals surface area contributed by atoms with Crippen molar-refractivity contribution in [2.75, 3.05) is 12.4 Å². The van der Waals surface area contributed by atoms with Crippen molar-refractivity contribution < 1.29 is 4.74 Å². The molecule has 6 heteroatoms. The minimum atomic E-state index is 0.119. The molecule has 3 aromatic rings. The van der Waals surface area contributed by atoms with Crippen molar-refractivity contribution in [1.82, 2.24) is 9.88 Å². The number of nitrogens with one attached hydrogen (secondary N) is 1. The number of hydrogen-bond donors (Lipinski definition) is 1. The molecule has 0 unspecified atom stereocenters. The smallest absolute Gasteiger partial charge is 0.174 e. The van der Waals surface area contributed by atoms with Gasteiger partial charge < -0.3 is 15.0 Å². The van der Waals surface area contributed by atoms with Gasteiger partial charge in [0.1, 0.15) is 5.75 Å². The van der Waals surface area contributed by atoms with Gasteiger partial charge in [0.05, 0.1) is 12.8 Å². The number of ether oxygens (including phenoxy) is 1. The van der Waals surface area contributed by atoms with E-state index in [9.17, 15) is 0 Å². The number of aromatic nitrogens is 1. The number of nitrogens with zero attached hydrogens (tertiary/aromatic N) is 2. The Hall–Kier alpha value is -2.63. The molecule has 0 fully saturated rings. The van der Waals surface area contributed by atoms with Gasteiger partial charge in [-0.05, 0) is 58.6 Å². The Kier molecular flexibility index (Phi) is 7.52. The minimum Gasteiger partial charge on any atom is -0.495 e. The summed E-state index contributed by atoms with van der Waals surface area (Å²) in [4.78, 5) is 6.35. The first-order chi connectivity index (χ1) is 14.8. The van der Waals surface area contributed by atoms with Gasteiger partial charge in [-0.3, -0.25) is 4.98 Å². The first kappa shape index (κ1) is 23.0. The molecular weight excluding hydrogens is 426 g/mol. The third-order valence-electron chi connectivity index (χ3n) is 4.98. The molecule has 0 atom stereocenters. The summed E-state index contributed by atoms with van der Waals surface area (Å²) in [6.07, 6.45) is 3.63. The lowest BCUT2D eigenvalue weighted by atomic mass is 9.87. The molecule has 2 aromatic carbocycles. The minimum absolute atomic E-state index is 0.119. The maximum atomic E-state index is 6.19. The molecule has 1 heterocycles. The van der Waals surface area contributed by atoms with E-state index in [1.165, 1.54) is 11.1 Å². The lowest BCUT2D eigenvalue weighted by molar-refractivity contribution is 0.408. The zero-order chi connectivity index (χ0) is 22.4. The monoisotopic (exact) mass is 453 g/mol. The molecule has 31 heavy (non-hydrogen) atoms. The number of benzene rings is 2. The lowest BCUT2D eigenvalue weighted by Gasteiger charge is -2.27. The zero-order valence-electron chi connectivity index (χ0n) is 18.4. The Morgan fingerprint density at radius 2 is 1.77 bits per heavy atom. The van der Waals surface area contributed by atoms with Crippen LogP contribution in [0.15, 0.2) is 67.0 Å². The predicted molar refractivity (Wildman–Crippen MR) is 133 cm³/mol. The van der Waals surface area contributed by atoms with Gasteiger partial charge in [-0.15, -0.1) is 0 Å². The summed E-state index contributed by atoms with van der Waals surface area (Å²) in [7, 11) is 1.63. The Bertz CT molecular complexity index is 1020. The van der Waals surface area contributed by atoms with Gasteiger partial charge in [0, 0.05) is 30.5 Å². The summed E-state index contributed by atoms with van der Waals surface area (Å²) < 4.78 is 5.45. The molecule has 0 amide bonds. The van der Waals surface area contributed by atoms with Gasteiger partial charge in [0.15, 0.2) is 5.11 Å². The summed E-state index contributed by atoms with van der Waals surface area (Å²) in [6, 6.07) is 18.1. The fourth-order valence-electron chi connectivity index (χ4n) is 3.21. The van der Waals surface area contributed by atoms with Gasteiger partial charge in [-0.25, -0.2) is 0 Å². The Balaban J connectivity index is 1.84. The maximum Gasteiger partial charge on any atom is 0.174 e. The van der Waals surface area contributed by atoms with Crippen LogP contribution < -0.4 is 10.1 Å². The first-order valence-electron chi connectivity index (χ1n) is 10.1. The standard InChI is InChI=1S/C25H28ClN3OS/c1-25(2,3)20-9-7-18(8-10-20)16-29(17-19-6-5-13-27-15-19)24(31)28-22-14-21(26)11-12-23(22)30-4/h5-15H,16-17H2,1-4H3,(H,28,31). The van der Waals surface area contributed by atoms with Crippen LogP contribution in [-0.2, 0) is 18.5 Å². The van der Waals surface area contributed by atoms with Crippen molar-refractivity contribution >= 4 is 34.6 Å². The topological polar surface area (TPSA) is 37.4 Å². The predicted octanol–water partition coefficient (Wildman–Crippen LogP) is 6.44. The van der Waals surface area contributed by atoms with Crippen LogP contribution in [0.3, 0.4) is 0 Å². The molecule has 0 bridgehead atoms. The van der Waals surface area contributed by atoms with Crippen LogP contribution in [-0.4, -0.2) is 22.1 Å². The van der Waals surface area contributed by atoms with E-state index in [0.29, 0.717) is 29.0 Å². The van der Waals surface area contributed by atoms with Crippen molar-refractivity contribution in [1.29, 1.82) is 0 Å². The van der Waals surface area contributed by atoms with E-state index < -0.39 is 0 Å². The summed E-state index contributed by atoms with van der Waals surface area (Å²) in [5.41, 5.74) is 4.42. The first-order valence-corrected chi connectivity index (χ1v) is 10.9. The molecule has 0 spiro atoms. The van der Waals surface area contributed by atoms with E-state index in [-0.39, 0.29) is 5.41 Å². The number of halogens is 1. The highest BCUT2D eigenvalue weighted by atomic mass is 35.5. The van der Waals surface area contributed by atoms with E-state index in [1.807, 2.05) is 30.5 Å². The highest BCUT2D eigenvalue weighted by Crippen LogP contribution is 2.28. The fraction of sp³-hybridized carbons (Fsp3) is 0.280. The molecule has 3 rings (SSSR count). The maximum absolute atomic E-state index is 6.19. The number of methoxy groups -OCH3 is 1. The quantitative estimate of drug-likeness (QED) is 0.434. The second kappa shape index (κ2) is 10.1. The zero-order valence-corrected chi connectivity index (χ0v) is 19.9. The average Bonchev–Trinajstić information content (AvgIpc) is 2.74. The molecule has 0 radical (unpaired) electrons. The number of thiocarbonyl (C=S) groups is 1. The van der Waals surface area contributed by atoms with E-state index in [1.54, 1.807) is 19.4 Å². The molecule has 4 nitrogen and oxygen atoms in total. The highest BCUT2D eigenvalue weighted by molar-refractivity contribution is 7.80. The van der Waals surface area contributed by atoms with Crippen molar-refractivity contribution in [3.63, 3.8) is 0 Å². The normalized spacial score (nSPS) is 11.1. The SMILES string of the molecule is COc1ccc(Cl)cc1NC(=S)N(Cc1ccc(C(C)(C)C)cc1)Cc1cccnc1. The molecule has 1 N–H and O–H groups in total. The van der Waals surface area contributed by atoms with Gasteiger partial charge in [-0.1, -0.05) is 62.7 Å². The number of hydrogen-bond acceptors (Lipinski definition) is 3. The summed E-state index contributed by atoms with van der Waals surface area (Å²) in [5, 5.41) is 4.51. The molecule has 0 saturated carbocycles. The van der Waals surface area contributed by atoms with Crippen LogP contribution in [0.5, 0.6) is 5.75 Å². The molecular formula is C25H28ClN3OS. The van der Waals surface area contributed by atoms with Crippen LogP contribution >= 0.6 is 23.8 Å². The Morgan fingerprint density at radius 3 is 2.39 bits per heavy atom. The third kappa shape index (κ3) is 6.42. The average molecular weight is 454 g/mol. The van der Waals surface area contributed by atoms with Gasteiger partial charge in [-0.2, -0.15) is 0 Å². The van der Waals surface area contributed by atoms with Crippen LogP contribution in [0.2, 0.25) is 5.02 Å². The van der Waals surface area contributed by atoms with E-state index in [4.69, 9.17) is 28.6 Å². The summed E-state index contributed by atoms with van der Waals surface area (Å²) >= 11 is 12.0. The number of anilines is 1. The summed E-state index contributed by atoms with van der Waals surface area (Å²) in [5.74, 6) is 0.683. The molecule has 162 valence electrons. The summed E-state index contributed by atoms with van der Waals surface area (Å²) in [6.45, 7) is 7.94. The van der Waals surface area contributed by atoms with Crippen LogP contribution in [0.4, 0.5) is 5.69 Å². The van der Waals surface area contributed by atoms with Gasteiger partial charge in [0.25, 0.3) is 0 Å². The number of pyridine rings is 1. The third-order valence-corrected chi connectivity index (χ3v) is 5.58. The van der Waals surface area contributed by atoms with Crippen LogP contribution in [0.25, 0.3) is 0 Å². The second-order valence-electron chi connectivity index (χ2n) is 8.44. The van der Waals surface area contributed by atoms with E-state index in [0.717, 1.165) is 11.3 Å². The van der Waals surface area contributed by atoms with Crippen molar-refractivity contribution in [3.05, 3.63) is 88.7 Å². The Morgan fingerprint density at radius 1 is 1.06 bits per heavy atom. The van der Waals surface area contributed by atoms with Gasteiger partial charge >= 0.3 is 0 Å². The van der Waals surface area contributed by atoms with E-state index in [2.05, 4.69) is 60.2 Å². The van der Waals surface area contributed by atoms with Gasteiger partial charge in [0.2, 0.25) is 0 Å². The Labute approximate surface area is 195 Å². The fourth-order valence-corrected chi connectivity index (χ4v) is 3.63. The van der Waals surface area contributed by atoms with Crippen molar-refractivity contribution in [3.8, 4) is 5.75 Å². The molecule has 0 aliphatic heterocycles. The van der Waals surface area contributed by atoms with Crippen molar-refractivity contribution in [2.45, 2.75) is 39.3 Å². The van der Waals surface area contributed by atoms with Crippen LogP contribution in [0, 0.1) is 0 Å². The van der Waals surface area contributed by atoms with E-state index >= 15 is 0 Å².